The number of ether oxygens (including phenoxy) is 3. The minimum Gasteiger partial charge on any atom is -0.493 e. The van der Waals surface area contributed by atoms with E-state index in [9.17, 15) is 41.0 Å². The van der Waals surface area contributed by atoms with Crippen LogP contribution < -0.4 is 19.5 Å². The lowest BCUT2D eigenvalue weighted by Crippen LogP contribution is -2.54. The number of aliphatic hydroxyl groups is 1. The Bertz CT molecular complexity index is 1460. The fourth-order valence-electron chi connectivity index (χ4n) is 5.67. The van der Waals surface area contributed by atoms with E-state index in [1.807, 2.05) is 0 Å². The van der Waals surface area contributed by atoms with Gasteiger partial charge in [-0.3, -0.25) is 9.69 Å². The van der Waals surface area contributed by atoms with Crippen LogP contribution in [-0.4, -0.2) is 60.7 Å². The maximum Gasteiger partial charge on any atom is 0.430 e. The lowest BCUT2D eigenvalue weighted by Gasteiger charge is -2.33. The molecule has 0 spiro atoms. The highest BCUT2D eigenvalue weighted by atomic mass is 19.4. The van der Waals surface area contributed by atoms with Crippen molar-refractivity contribution in [3.8, 4) is 17.2 Å². The van der Waals surface area contributed by atoms with Crippen LogP contribution in [0.2, 0.25) is 0 Å². The maximum atomic E-state index is 13.6. The summed E-state index contributed by atoms with van der Waals surface area (Å²) in [5, 5.41) is 12.8. The molecule has 46 heavy (non-hydrogen) atoms. The number of imide groups is 1. The van der Waals surface area contributed by atoms with Gasteiger partial charge < -0.3 is 24.6 Å². The van der Waals surface area contributed by atoms with Crippen molar-refractivity contribution in [1.82, 2.24) is 10.2 Å². The molecule has 2 aromatic carbocycles. The Morgan fingerprint density at radius 1 is 1.00 bits per heavy atom. The first-order chi connectivity index (χ1) is 21.6. The Hall–Kier alpha value is -3.94. The Morgan fingerprint density at radius 2 is 1.67 bits per heavy atom. The van der Waals surface area contributed by atoms with Gasteiger partial charge in [-0.1, -0.05) is 38.5 Å². The van der Waals surface area contributed by atoms with Gasteiger partial charge in [0.15, 0.2) is 11.5 Å². The summed E-state index contributed by atoms with van der Waals surface area (Å²) in [6, 6.07) is 5.82. The summed E-state index contributed by atoms with van der Waals surface area (Å²) < 4.78 is 98.9. The SMILES string of the molecule is CC=Cc1cc(C(O)(C(F)(F)F)C(F)(F)F)cc(CCC)c1OCCCCN1C(=O)NC(CC)(c2ccc3c(c2)OCCO3)C1=O. The molecule has 2 aromatic rings. The van der Waals surface area contributed by atoms with Gasteiger partial charge in [-0.25, -0.2) is 4.79 Å². The highest BCUT2D eigenvalue weighted by molar-refractivity contribution is 6.07. The van der Waals surface area contributed by atoms with Crippen LogP contribution in [0.3, 0.4) is 0 Å². The number of allylic oxidation sites excluding steroid dienone is 1. The van der Waals surface area contributed by atoms with E-state index < -0.39 is 41.0 Å². The summed E-state index contributed by atoms with van der Waals surface area (Å²) in [6.07, 6.45) is -7.97. The summed E-state index contributed by atoms with van der Waals surface area (Å²) >= 11 is 0. The number of hydrogen-bond acceptors (Lipinski definition) is 6. The fourth-order valence-corrected chi connectivity index (χ4v) is 5.67. The molecule has 1 atom stereocenters. The van der Waals surface area contributed by atoms with Crippen LogP contribution in [0.4, 0.5) is 31.1 Å². The molecule has 8 nitrogen and oxygen atoms in total. The van der Waals surface area contributed by atoms with Crippen LogP contribution >= 0.6 is 0 Å². The summed E-state index contributed by atoms with van der Waals surface area (Å²) in [5.41, 5.74) is -7.16. The number of carbonyl (C=O) groups is 2. The molecule has 252 valence electrons. The molecule has 14 heteroatoms. The van der Waals surface area contributed by atoms with Crippen molar-refractivity contribution < 1.29 is 55.2 Å². The molecular formula is C32H36F6N2O6. The molecule has 0 radical (unpaired) electrons. The van der Waals surface area contributed by atoms with Crippen molar-refractivity contribution in [3.63, 3.8) is 0 Å². The molecule has 0 aromatic heterocycles. The zero-order valence-electron chi connectivity index (χ0n) is 25.6. The lowest BCUT2D eigenvalue weighted by molar-refractivity contribution is -0.376. The number of halogens is 6. The molecule has 2 heterocycles. The number of amides is 3. The monoisotopic (exact) mass is 658 g/mol. The van der Waals surface area contributed by atoms with Crippen LogP contribution in [0.5, 0.6) is 17.2 Å². The Labute approximate surface area is 262 Å². The number of alkyl halides is 6. The third kappa shape index (κ3) is 6.36. The second-order valence-electron chi connectivity index (χ2n) is 11.1. The number of nitrogens with zero attached hydrogens (tertiary/aromatic N) is 1. The van der Waals surface area contributed by atoms with E-state index in [0.717, 1.165) is 4.90 Å². The molecule has 1 saturated heterocycles. The van der Waals surface area contributed by atoms with Crippen molar-refractivity contribution in [2.45, 2.75) is 76.4 Å². The van der Waals surface area contributed by atoms with Gasteiger partial charge in [0, 0.05) is 17.7 Å². The number of nitrogens with one attached hydrogen (secondary N) is 1. The van der Waals surface area contributed by atoms with Crippen molar-refractivity contribution in [3.05, 3.63) is 58.7 Å². The quantitative estimate of drug-likeness (QED) is 0.149. The minimum atomic E-state index is -6.03. The van der Waals surface area contributed by atoms with Gasteiger partial charge in [0.1, 0.15) is 24.5 Å². The largest absolute Gasteiger partial charge is 0.493 e. The Balaban J connectivity index is 1.48. The minimum absolute atomic E-state index is 0.00580. The Morgan fingerprint density at radius 3 is 2.28 bits per heavy atom. The zero-order valence-corrected chi connectivity index (χ0v) is 25.6. The summed E-state index contributed by atoms with van der Waals surface area (Å²) in [6.45, 7) is 5.81. The van der Waals surface area contributed by atoms with Crippen LogP contribution in [0.1, 0.15) is 68.7 Å². The van der Waals surface area contributed by atoms with Gasteiger partial charge in [-0.2, -0.15) is 26.3 Å². The first kappa shape index (κ1) is 34.9. The number of hydrogen-bond donors (Lipinski definition) is 2. The first-order valence-electron chi connectivity index (χ1n) is 15.0. The number of rotatable bonds is 12. The number of fused-ring (bicyclic) bond motifs is 1. The van der Waals surface area contributed by atoms with Crippen molar-refractivity contribution in [2.75, 3.05) is 26.4 Å². The summed E-state index contributed by atoms with van der Waals surface area (Å²) in [4.78, 5) is 27.6. The number of aryl methyl sites for hydroxylation is 1. The smallest absolute Gasteiger partial charge is 0.430 e. The van der Waals surface area contributed by atoms with E-state index in [1.165, 1.54) is 19.1 Å². The number of carbonyl (C=O) groups excluding carboxylic acids is 2. The van der Waals surface area contributed by atoms with E-state index >= 15 is 0 Å². The lowest BCUT2D eigenvalue weighted by atomic mass is 9.87. The van der Waals surface area contributed by atoms with Crippen LogP contribution in [0.15, 0.2) is 36.4 Å². The van der Waals surface area contributed by atoms with E-state index in [0.29, 0.717) is 61.7 Å². The molecule has 0 saturated carbocycles. The van der Waals surface area contributed by atoms with Gasteiger partial charge in [-0.05, 0) is 68.0 Å². The summed E-state index contributed by atoms with van der Waals surface area (Å²) in [7, 11) is 0. The third-order valence-corrected chi connectivity index (χ3v) is 8.06. The summed E-state index contributed by atoms with van der Waals surface area (Å²) in [5.74, 6) is 0.675. The predicted molar refractivity (Wildman–Crippen MR) is 156 cm³/mol. The van der Waals surface area contributed by atoms with Crippen LogP contribution in [-0.2, 0) is 22.4 Å². The van der Waals surface area contributed by atoms with Crippen molar-refractivity contribution in [2.24, 2.45) is 0 Å². The van der Waals surface area contributed by atoms with E-state index in [1.54, 1.807) is 32.0 Å². The first-order valence-corrected chi connectivity index (χ1v) is 15.0. The number of urea groups is 1. The number of unbranched alkanes of at least 4 members (excludes halogenated alkanes) is 1. The van der Waals surface area contributed by atoms with Crippen LogP contribution in [0, 0.1) is 0 Å². The standard InChI is InChI=1S/C32H36F6N2O6/c1-4-9-20-17-23(30(43,31(33,34)35)32(36,37)38)18-21(10-5-2)26(20)46-14-8-7-13-40-27(41)29(6-3,39-28(40)42)22-11-12-24-25(19-22)45-16-15-44-24/h4,9,11-12,17-19,43H,5-8,10,13-16H2,1-3H3,(H,39,42). The average Bonchev–Trinajstić information content (AvgIpc) is 3.25. The van der Waals surface area contributed by atoms with Crippen LogP contribution in [0.25, 0.3) is 6.08 Å². The fraction of sp³-hybridized carbons (Fsp3) is 0.500. The zero-order chi connectivity index (χ0) is 33.9. The van der Waals surface area contributed by atoms with Crippen molar-refractivity contribution >= 4 is 18.0 Å². The molecule has 1 fully saturated rings. The topological polar surface area (TPSA) is 97.3 Å². The molecular weight excluding hydrogens is 622 g/mol. The molecule has 4 rings (SSSR count). The number of benzene rings is 2. The van der Waals surface area contributed by atoms with Gasteiger partial charge in [0.05, 0.1) is 6.61 Å². The molecule has 0 bridgehead atoms. The van der Waals surface area contributed by atoms with Gasteiger partial charge in [-0.15, -0.1) is 0 Å². The molecule has 0 aliphatic carbocycles. The predicted octanol–water partition coefficient (Wildman–Crippen LogP) is 6.77. The van der Waals surface area contributed by atoms with Gasteiger partial charge in [0.2, 0.25) is 0 Å². The molecule has 3 amide bonds. The van der Waals surface area contributed by atoms with E-state index in [4.69, 9.17) is 14.2 Å². The normalized spacial score (nSPS) is 18.8. The maximum absolute atomic E-state index is 13.6. The van der Waals surface area contributed by atoms with Gasteiger partial charge in [0.25, 0.3) is 11.5 Å². The second kappa shape index (κ2) is 13.4. The highest BCUT2D eigenvalue weighted by Gasteiger charge is 2.71. The molecule has 2 aliphatic heterocycles. The Kier molecular flexibility index (Phi) is 10.2. The molecule has 2 aliphatic rings. The van der Waals surface area contributed by atoms with Gasteiger partial charge >= 0.3 is 18.4 Å². The van der Waals surface area contributed by atoms with E-state index in [2.05, 4.69) is 5.32 Å². The molecule has 1 unspecified atom stereocenters. The third-order valence-electron chi connectivity index (χ3n) is 8.06. The second-order valence-corrected chi connectivity index (χ2v) is 11.1. The van der Waals surface area contributed by atoms with E-state index in [-0.39, 0.29) is 42.9 Å². The molecule has 2 N–H and O–H groups in total. The average molecular weight is 659 g/mol. The highest BCUT2D eigenvalue weighted by Crippen LogP contribution is 2.51. The van der Waals surface area contributed by atoms with Crippen molar-refractivity contribution in [1.29, 1.82) is 0 Å².